The van der Waals surface area contributed by atoms with Crippen molar-refractivity contribution >= 4 is 11.6 Å². The minimum Gasteiger partial charge on any atom is -0.384 e. The molecule has 0 saturated heterocycles. The van der Waals surface area contributed by atoms with E-state index >= 15 is 0 Å². The third-order valence-corrected chi connectivity index (χ3v) is 1.87. The van der Waals surface area contributed by atoms with Crippen molar-refractivity contribution in [3.05, 3.63) is 17.6 Å². The summed E-state index contributed by atoms with van der Waals surface area (Å²) in [6.07, 6.45) is 0.808. The monoisotopic (exact) mass is 177 g/mol. The summed E-state index contributed by atoms with van der Waals surface area (Å²) in [6.45, 7) is 3.94. The molecule has 0 unspecified atom stereocenters. The largest absolute Gasteiger partial charge is 0.384 e. The van der Waals surface area contributed by atoms with Crippen LogP contribution in [0.1, 0.15) is 18.4 Å². The first-order valence-electron chi connectivity index (χ1n) is 4.19. The SMILES string of the molecule is CCc1nc2nc(N)cc(C)n2n1. The second-order valence-electron chi connectivity index (χ2n) is 2.92. The highest BCUT2D eigenvalue weighted by Crippen LogP contribution is 2.06. The number of nitrogen functional groups attached to an aromatic ring is 1. The lowest BCUT2D eigenvalue weighted by Crippen LogP contribution is -1.99. The third kappa shape index (κ3) is 1.22. The van der Waals surface area contributed by atoms with Gasteiger partial charge in [-0.2, -0.15) is 9.97 Å². The van der Waals surface area contributed by atoms with E-state index in [2.05, 4.69) is 15.1 Å². The Balaban J connectivity index is 2.75. The summed E-state index contributed by atoms with van der Waals surface area (Å²) < 4.78 is 1.70. The van der Waals surface area contributed by atoms with Gasteiger partial charge in [-0.3, -0.25) is 0 Å². The van der Waals surface area contributed by atoms with Crippen molar-refractivity contribution < 1.29 is 0 Å². The van der Waals surface area contributed by atoms with Gasteiger partial charge in [0.15, 0.2) is 5.82 Å². The minimum atomic E-state index is 0.486. The molecule has 2 aromatic rings. The number of nitrogens with zero attached hydrogens (tertiary/aromatic N) is 4. The summed E-state index contributed by atoms with van der Waals surface area (Å²) in [7, 11) is 0. The molecule has 68 valence electrons. The van der Waals surface area contributed by atoms with Crippen LogP contribution < -0.4 is 5.73 Å². The molecule has 0 aliphatic rings. The molecule has 2 N–H and O–H groups in total. The maximum absolute atomic E-state index is 5.58. The molecule has 0 aromatic carbocycles. The second-order valence-corrected chi connectivity index (χ2v) is 2.92. The van der Waals surface area contributed by atoms with Gasteiger partial charge in [-0.05, 0) is 6.92 Å². The van der Waals surface area contributed by atoms with Gasteiger partial charge in [0.1, 0.15) is 5.82 Å². The van der Waals surface area contributed by atoms with Gasteiger partial charge in [-0.25, -0.2) is 4.52 Å². The Kier molecular flexibility index (Phi) is 1.65. The fraction of sp³-hybridized carbons (Fsp3) is 0.375. The van der Waals surface area contributed by atoms with Crippen LogP contribution in [0.4, 0.5) is 5.82 Å². The van der Waals surface area contributed by atoms with Gasteiger partial charge in [0.25, 0.3) is 5.78 Å². The van der Waals surface area contributed by atoms with Gasteiger partial charge in [0.2, 0.25) is 0 Å². The average molecular weight is 177 g/mol. The van der Waals surface area contributed by atoms with Gasteiger partial charge in [-0.1, -0.05) is 6.92 Å². The van der Waals surface area contributed by atoms with Crippen molar-refractivity contribution in [2.75, 3.05) is 5.73 Å². The molecule has 2 heterocycles. The summed E-state index contributed by atoms with van der Waals surface area (Å²) >= 11 is 0. The summed E-state index contributed by atoms with van der Waals surface area (Å²) in [5.74, 6) is 1.86. The van der Waals surface area contributed by atoms with Crippen LogP contribution in [0.15, 0.2) is 6.07 Å². The number of rotatable bonds is 1. The lowest BCUT2D eigenvalue weighted by atomic mass is 10.4. The highest BCUT2D eigenvalue weighted by atomic mass is 15.3. The highest BCUT2D eigenvalue weighted by Gasteiger charge is 2.05. The maximum atomic E-state index is 5.58. The Labute approximate surface area is 75.6 Å². The van der Waals surface area contributed by atoms with E-state index in [0.29, 0.717) is 11.6 Å². The smallest absolute Gasteiger partial charge is 0.254 e. The third-order valence-electron chi connectivity index (χ3n) is 1.87. The van der Waals surface area contributed by atoms with E-state index in [4.69, 9.17) is 5.73 Å². The summed E-state index contributed by atoms with van der Waals surface area (Å²) in [4.78, 5) is 8.29. The summed E-state index contributed by atoms with van der Waals surface area (Å²) in [5, 5.41) is 4.26. The number of hydrogen-bond acceptors (Lipinski definition) is 4. The van der Waals surface area contributed by atoms with Crippen LogP contribution in [0.25, 0.3) is 5.78 Å². The van der Waals surface area contributed by atoms with E-state index in [1.54, 1.807) is 10.6 Å². The topological polar surface area (TPSA) is 69.1 Å². The molecule has 2 rings (SSSR count). The zero-order valence-electron chi connectivity index (χ0n) is 7.65. The van der Waals surface area contributed by atoms with Gasteiger partial charge in [0.05, 0.1) is 0 Å². The lowest BCUT2D eigenvalue weighted by Gasteiger charge is -1.97. The van der Waals surface area contributed by atoms with Crippen molar-refractivity contribution in [1.29, 1.82) is 0 Å². The number of aromatic nitrogens is 4. The molecule has 5 nitrogen and oxygen atoms in total. The summed E-state index contributed by atoms with van der Waals surface area (Å²) in [5.41, 5.74) is 6.54. The van der Waals surface area contributed by atoms with Crippen molar-refractivity contribution in [3.63, 3.8) is 0 Å². The predicted octanol–water partition coefficient (Wildman–Crippen LogP) is 0.577. The first-order chi connectivity index (χ1) is 6.20. The number of anilines is 1. The zero-order chi connectivity index (χ0) is 9.42. The molecule has 0 aliphatic carbocycles. The number of fused-ring (bicyclic) bond motifs is 1. The molecule has 0 amide bonds. The van der Waals surface area contributed by atoms with Crippen molar-refractivity contribution in [2.24, 2.45) is 0 Å². The van der Waals surface area contributed by atoms with E-state index in [-0.39, 0.29) is 0 Å². The van der Waals surface area contributed by atoms with Crippen LogP contribution in [0.3, 0.4) is 0 Å². The van der Waals surface area contributed by atoms with E-state index in [0.717, 1.165) is 17.9 Å². The molecule has 0 saturated carbocycles. The molecule has 0 atom stereocenters. The van der Waals surface area contributed by atoms with Crippen LogP contribution in [-0.2, 0) is 6.42 Å². The molecule has 5 heteroatoms. The second kappa shape index (κ2) is 2.69. The Morgan fingerprint density at radius 3 is 2.92 bits per heavy atom. The van der Waals surface area contributed by atoms with Crippen LogP contribution >= 0.6 is 0 Å². The molecule has 0 fully saturated rings. The zero-order valence-corrected chi connectivity index (χ0v) is 7.65. The van der Waals surface area contributed by atoms with Crippen LogP contribution in [0, 0.1) is 6.92 Å². The molecule has 0 spiro atoms. The summed E-state index contributed by atoms with van der Waals surface area (Å²) in [6, 6.07) is 1.78. The molecule has 13 heavy (non-hydrogen) atoms. The number of nitrogens with two attached hydrogens (primary N) is 1. The normalized spacial score (nSPS) is 10.9. The van der Waals surface area contributed by atoms with Gasteiger partial charge >= 0.3 is 0 Å². The van der Waals surface area contributed by atoms with Gasteiger partial charge < -0.3 is 5.73 Å². The van der Waals surface area contributed by atoms with Crippen molar-refractivity contribution in [3.8, 4) is 0 Å². The standard InChI is InChI=1S/C8H11N5/c1-3-7-11-8-10-6(9)4-5(2)13(8)12-7/h4H,3H2,1-2H3,(H2,9,10,11,12). The quantitative estimate of drug-likeness (QED) is 0.691. The van der Waals surface area contributed by atoms with Gasteiger partial charge in [-0.15, -0.1) is 5.10 Å². The first kappa shape index (κ1) is 7.97. The highest BCUT2D eigenvalue weighted by molar-refractivity contribution is 5.40. The van der Waals surface area contributed by atoms with E-state index in [9.17, 15) is 0 Å². The lowest BCUT2D eigenvalue weighted by molar-refractivity contribution is 0.853. The molecule has 2 aromatic heterocycles. The van der Waals surface area contributed by atoms with Crippen LogP contribution in [0.2, 0.25) is 0 Å². The molecule has 0 aliphatic heterocycles. The fourth-order valence-electron chi connectivity index (χ4n) is 1.23. The molecular formula is C8H11N5. The Morgan fingerprint density at radius 2 is 2.23 bits per heavy atom. The maximum Gasteiger partial charge on any atom is 0.254 e. The molecule has 0 bridgehead atoms. The van der Waals surface area contributed by atoms with Crippen molar-refractivity contribution in [2.45, 2.75) is 20.3 Å². The number of aryl methyl sites for hydroxylation is 2. The minimum absolute atomic E-state index is 0.486. The first-order valence-corrected chi connectivity index (χ1v) is 4.19. The number of hydrogen-bond donors (Lipinski definition) is 1. The Hall–Kier alpha value is -1.65. The fourth-order valence-corrected chi connectivity index (χ4v) is 1.23. The van der Waals surface area contributed by atoms with E-state index in [1.807, 2.05) is 13.8 Å². The Bertz CT molecular complexity index is 445. The van der Waals surface area contributed by atoms with E-state index in [1.165, 1.54) is 0 Å². The van der Waals surface area contributed by atoms with Crippen LogP contribution in [-0.4, -0.2) is 19.6 Å². The predicted molar refractivity (Wildman–Crippen MR) is 49.3 cm³/mol. The average Bonchev–Trinajstić information content (AvgIpc) is 2.47. The van der Waals surface area contributed by atoms with Gasteiger partial charge in [0, 0.05) is 18.2 Å². The van der Waals surface area contributed by atoms with E-state index < -0.39 is 0 Å². The Morgan fingerprint density at radius 1 is 1.46 bits per heavy atom. The molecule has 0 radical (unpaired) electrons. The van der Waals surface area contributed by atoms with Crippen molar-refractivity contribution in [1.82, 2.24) is 19.6 Å². The molecular weight excluding hydrogens is 166 g/mol. The van der Waals surface area contributed by atoms with Crippen LogP contribution in [0.5, 0.6) is 0 Å².